The molecule has 6 nitrogen and oxygen atoms in total. The summed E-state index contributed by atoms with van der Waals surface area (Å²) in [6.07, 6.45) is 1.84. The van der Waals surface area contributed by atoms with Gasteiger partial charge in [-0.15, -0.1) is 0 Å². The van der Waals surface area contributed by atoms with Gasteiger partial charge in [-0.3, -0.25) is 4.68 Å². The number of hydrogen-bond donors (Lipinski definition) is 1. The lowest BCUT2D eigenvalue weighted by molar-refractivity contribution is 0.332. The summed E-state index contributed by atoms with van der Waals surface area (Å²) in [5.74, 6) is 2.38. The minimum atomic E-state index is 0.563. The number of hydrogen-bond acceptors (Lipinski definition) is 5. The summed E-state index contributed by atoms with van der Waals surface area (Å²) >= 11 is 0. The van der Waals surface area contributed by atoms with Crippen LogP contribution in [0.1, 0.15) is 17.0 Å². The van der Waals surface area contributed by atoms with Gasteiger partial charge in [0.2, 0.25) is 0 Å². The quantitative estimate of drug-likeness (QED) is 0.699. The van der Waals surface area contributed by atoms with Crippen LogP contribution in [0.3, 0.4) is 0 Å². The van der Waals surface area contributed by atoms with Gasteiger partial charge in [0.25, 0.3) is 0 Å². The van der Waals surface area contributed by atoms with Gasteiger partial charge in [0, 0.05) is 24.5 Å². The molecule has 0 unspecified atom stereocenters. The lowest BCUT2D eigenvalue weighted by atomic mass is 10.2. The van der Waals surface area contributed by atoms with Crippen LogP contribution in [-0.2, 0) is 7.05 Å². The Morgan fingerprint density at radius 2 is 1.88 bits per heavy atom. The Bertz CT molecular complexity index is 858. The monoisotopic (exact) mass is 337 g/mol. The maximum absolute atomic E-state index is 5.70. The van der Waals surface area contributed by atoms with E-state index in [1.54, 1.807) is 0 Å². The van der Waals surface area contributed by atoms with Crippen LogP contribution in [0.4, 0.5) is 5.82 Å². The maximum Gasteiger partial charge on any atom is 0.165 e. The van der Waals surface area contributed by atoms with Gasteiger partial charge in [-0.2, -0.15) is 5.10 Å². The first-order valence-corrected chi connectivity index (χ1v) is 8.32. The molecule has 0 radical (unpaired) electrons. The number of nitrogens with zero attached hydrogens (tertiary/aromatic N) is 4. The highest BCUT2D eigenvalue weighted by Crippen LogP contribution is 2.25. The Hall–Kier alpha value is -2.89. The van der Waals surface area contributed by atoms with Gasteiger partial charge in [-0.1, -0.05) is 18.2 Å². The fraction of sp³-hybridized carbons (Fsp3) is 0.316. The van der Waals surface area contributed by atoms with Crippen molar-refractivity contribution in [1.29, 1.82) is 0 Å². The number of anilines is 1. The largest absolute Gasteiger partial charge is 0.492 e. The van der Waals surface area contributed by atoms with E-state index in [2.05, 4.69) is 15.4 Å². The van der Waals surface area contributed by atoms with Crippen LogP contribution >= 0.6 is 0 Å². The molecule has 0 aliphatic carbocycles. The standard InChI is InChI=1S/C19H23N5O/c1-13-12-21-19(17-14(2)23-24(4)15(17)3)22-18(13)20-10-11-25-16-8-6-5-7-9-16/h5-9,12H,10-11H2,1-4H3,(H,20,21,22). The van der Waals surface area contributed by atoms with Crippen LogP contribution in [0.25, 0.3) is 11.4 Å². The number of benzene rings is 1. The zero-order chi connectivity index (χ0) is 17.8. The summed E-state index contributed by atoms with van der Waals surface area (Å²) in [5, 5.41) is 7.78. The number of rotatable bonds is 6. The smallest absolute Gasteiger partial charge is 0.165 e. The summed E-state index contributed by atoms with van der Waals surface area (Å²) < 4.78 is 7.56. The first-order valence-electron chi connectivity index (χ1n) is 8.32. The van der Waals surface area contributed by atoms with E-state index < -0.39 is 0 Å². The number of nitrogens with one attached hydrogen (secondary N) is 1. The predicted octanol–water partition coefficient (Wildman–Crippen LogP) is 3.29. The SMILES string of the molecule is Cc1cnc(-c2c(C)nn(C)c2C)nc1NCCOc1ccccc1. The summed E-state index contributed by atoms with van der Waals surface area (Å²) in [6, 6.07) is 9.79. The summed E-state index contributed by atoms with van der Waals surface area (Å²) in [4.78, 5) is 9.18. The Morgan fingerprint density at radius 1 is 1.12 bits per heavy atom. The van der Waals surface area contributed by atoms with Crippen molar-refractivity contribution in [3.63, 3.8) is 0 Å². The van der Waals surface area contributed by atoms with Crippen molar-refractivity contribution in [2.24, 2.45) is 7.05 Å². The van der Waals surface area contributed by atoms with Crippen LogP contribution in [-0.4, -0.2) is 32.9 Å². The topological polar surface area (TPSA) is 64.9 Å². The highest BCUT2D eigenvalue weighted by molar-refractivity contribution is 5.63. The average Bonchev–Trinajstić information content (AvgIpc) is 2.86. The fourth-order valence-corrected chi connectivity index (χ4v) is 2.69. The van der Waals surface area contributed by atoms with Gasteiger partial charge >= 0.3 is 0 Å². The molecular formula is C19H23N5O. The molecule has 0 saturated heterocycles. The van der Waals surface area contributed by atoms with Crippen LogP contribution in [0.5, 0.6) is 5.75 Å². The van der Waals surface area contributed by atoms with E-state index in [1.165, 1.54) is 0 Å². The zero-order valence-corrected chi connectivity index (χ0v) is 15.1. The van der Waals surface area contributed by atoms with Gasteiger partial charge in [0.1, 0.15) is 18.2 Å². The van der Waals surface area contributed by atoms with E-state index in [0.29, 0.717) is 19.0 Å². The molecule has 0 atom stereocenters. The van der Waals surface area contributed by atoms with Crippen LogP contribution < -0.4 is 10.1 Å². The lowest BCUT2D eigenvalue weighted by Gasteiger charge is -2.11. The minimum absolute atomic E-state index is 0.563. The third-order valence-corrected chi connectivity index (χ3v) is 4.11. The second-order valence-electron chi connectivity index (χ2n) is 5.98. The maximum atomic E-state index is 5.70. The number of para-hydroxylation sites is 1. The molecular weight excluding hydrogens is 314 g/mol. The number of aromatic nitrogens is 4. The minimum Gasteiger partial charge on any atom is -0.492 e. The van der Waals surface area contributed by atoms with E-state index in [9.17, 15) is 0 Å². The first kappa shape index (κ1) is 17.0. The van der Waals surface area contributed by atoms with E-state index in [0.717, 1.165) is 34.1 Å². The molecule has 2 heterocycles. The third-order valence-electron chi connectivity index (χ3n) is 4.11. The Balaban J connectivity index is 1.69. The van der Waals surface area contributed by atoms with Gasteiger partial charge < -0.3 is 10.1 Å². The normalized spacial score (nSPS) is 10.7. The third kappa shape index (κ3) is 3.79. The second kappa shape index (κ2) is 7.34. The molecule has 1 aromatic carbocycles. The highest BCUT2D eigenvalue weighted by atomic mass is 16.5. The van der Waals surface area contributed by atoms with Crippen molar-refractivity contribution < 1.29 is 4.74 Å². The summed E-state index contributed by atoms with van der Waals surface area (Å²) in [7, 11) is 1.93. The van der Waals surface area contributed by atoms with Crippen molar-refractivity contribution in [1.82, 2.24) is 19.7 Å². The molecule has 2 aromatic heterocycles. The van der Waals surface area contributed by atoms with Crippen LogP contribution in [0.15, 0.2) is 36.5 Å². The van der Waals surface area contributed by atoms with Crippen molar-refractivity contribution >= 4 is 5.82 Å². The van der Waals surface area contributed by atoms with Crippen LogP contribution in [0, 0.1) is 20.8 Å². The predicted molar refractivity (Wildman–Crippen MR) is 98.9 cm³/mol. The molecule has 25 heavy (non-hydrogen) atoms. The van der Waals surface area contributed by atoms with Crippen molar-refractivity contribution in [2.45, 2.75) is 20.8 Å². The van der Waals surface area contributed by atoms with Gasteiger partial charge in [0.15, 0.2) is 5.82 Å². The van der Waals surface area contributed by atoms with Crippen LogP contribution in [0.2, 0.25) is 0 Å². The molecule has 1 N–H and O–H groups in total. The van der Waals surface area contributed by atoms with Crippen molar-refractivity contribution in [3.8, 4) is 17.1 Å². The second-order valence-corrected chi connectivity index (χ2v) is 5.98. The molecule has 3 aromatic rings. The molecule has 0 bridgehead atoms. The molecule has 0 saturated carbocycles. The molecule has 0 aliphatic rings. The zero-order valence-electron chi connectivity index (χ0n) is 15.1. The summed E-state index contributed by atoms with van der Waals surface area (Å²) in [6.45, 7) is 7.23. The molecule has 0 fully saturated rings. The molecule has 0 spiro atoms. The molecule has 0 amide bonds. The van der Waals surface area contributed by atoms with E-state index >= 15 is 0 Å². The molecule has 0 aliphatic heterocycles. The first-order chi connectivity index (χ1) is 12.1. The van der Waals surface area contributed by atoms with Gasteiger partial charge in [-0.25, -0.2) is 9.97 Å². The van der Waals surface area contributed by atoms with Gasteiger partial charge in [0.05, 0.1) is 17.8 Å². The van der Waals surface area contributed by atoms with E-state index in [1.807, 2.05) is 69.0 Å². The average molecular weight is 337 g/mol. The molecule has 130 valence electrons. The fourth-order valence-electron chi connectivity index (χ4n) is 2.69. The number of ether oxygens (including phenoxy) is 1. The molecule has 3 rings (SSSR count). The van der Waals surface area contributed by atoms with Gasteiger partial charge in [-0.05, 0) is 32.9 Å². The Labute approximate surface area is 147 Å². The van der Waals surface area contributed by atoms with E-state index in [4.69, 9.17) is 9.72 Å². The van der Waals surface area contributed by atoms with E-state index in [-0.39, 0.29) is 0 Å². The lowest BCUT2D eigenvalue weighted by Crippen LogP contribution is -2.13. The Morgan fingerprint density at radius 3 is 2.56 bits per heavy atom. The highest BCUT2D eigenvalue weighted by Gasteiger charge is 2.15. The Kier molecular flexibility index (Phi) is 4.97. The number of aryl methyl sites for hydroxylation is 3. The van der Waals surface area contributed by atoms with Crippen molar-refractivity contribution in [3.05, 3.63) is 53.5 Å². The van der Waals surface area contributed by atoms with Crippen molar-refractivity contribution in [2.75, 3.05) is 18.5 Å². The summed E-state index contributed by atoms with van der Waals surface area (Å²) in [5.41, 5.74) is 3.98. The molecule has 6 heteroatoms.